The summed E-state index contributed by atoms with van der Waals surface area (Å²) >= 11 is 0. The van der Waals surface area contributed by atoms with Crippen LogP contribution in [0.4, 0.5) is 10.6 Å². The summed E-state index contributed by atoms with van der Waals surface area (Å²) in [6.07, 6.45) is -0.296. The van der Waals surface area contributed by atoms with Crippen LogP contribution in [-0.4, -0.2) is 45.4 Å². The van der Waals surface area contributed by atoms with E-state index in [4.69, 9.17) is 10.1 Å². The number of nitrogens with one attached hydrogen (secondary N) is 1. The molecule has 138 valence electrons. The lowest BCUT2D eigenvalue weighted by molar-refractivity contribution is 0.191. The van der Waals surface area contributed by atoms with Crippen molar-refractivity contribution in [3.63, 3.8) is 0 Å². The molecule has 2 heterocycles. The number of aromatic nitrogens is 2. The van der Waals surface area contributed by atoms with Gasteiger partial charge in [0.1, 0.15) is 11.6 Å². The number of anilines is 1. The van der Waals surface area contributed by atoms with Crippen LogP contribution >= 0.6 is 0 Å². The lowest BCUT2D eigenvalue weighted by atomic mass is 10.1. The molecular weight excluding hydrogens is 344 g/mol. The van der Waals surface area contributed by atoms with E-state index in [1.165, 1.54) is 0 Å². The lowest BCUT2D eigenvalue weighted by Gasteiger charge is -2.20. The number of carboxylic acid groups (broad SMARTS) is 1. The first-order valence-electron chi connectivity index (χ1n) is 8.82. The maximum atomic E-state index is 10.9. The van der Waals surface area contributed by atoms with Crippen LogP contribution in [0.2, 0.25) is 0 Å². The van der Waals surface area contributed by atoms with Crippen molar-refractivity contribution in [3.8, 4) is 17.1 Å². The highest BCUT2D eigenvalue weighted by atomic mass is 16.4. The van der Waals surface area contributed by atoms with Crippen LogP contribution in [-0.2, 0) is 0 Å². The third-order valence-corrected chi connectivity index (χ3v) is 4.79. The van der Waals surface area contributed by atoms with Crippen molar-refractivity contribution in [2.24, 2.45) is 0 Å². The molecule has 1 aliphatic rings. The van der Waals surface area contributed by atoms with Crippen molar-refractivity contribution in [3.05, 3.63) is 48.0 Å². The van der Waals surface area contributed by atoms with Crippen LogP contribution in [0, 0.1) is 6.92 Å². The van der Waals surface area contributed by atoms with E-state index >= 15 is 0 Å². The van der Waals surface area contributed by atoms with Gasteiger partial charge in [-0.3, -0.25) is 0 Å². The van der Waals surface area contributed by atoms with E-state index in [1.54, 1.807) is 18.2 Å². The standard InChI is InChI=1S/C20H20N4O3/c1-12-6-7-14-16(10-12)22-18(15-4-2-3-5-17(15)25)23-19(14)24-9-8-13(11-24)21-20(26)27/h2-7,10,13,21,25H,8-9,11H2,1H3,(H,26,27). The molecule has 1 saturated heterocycles. The molecule has 0 aliphatic carbocycles. The Kier molecular flexibility index (Phi) is 4.27. The molecule has 3 aromatic rings. The van der Waals surface area contributed by atoms with Gasteiger partial charge < -0.3 is 20.4 Å². The normalized spacial score (nSPS) is 16.6. The first-order valence-corrected chi connectivity index (χ1v) is 8.82. The molecule has 1 aromatic heterocycles. The van der Waals surface area contributed by atoms with Crippen LogP contribution in [0.3, 0.4) is 0 Å². The van der Waals surface area contributed by atoms with E-state index in [2.05, 4.69) is 15.2 Å². The molecule has 1 atom stereocenters. The van der Waals surface area contributed by atoms with Crippen molar-refractivity contribution in [2.45, 2.75) is 19.4 Å². The van der Waals surface area contributed by atoms with Crippen LogP contribution < -0.4 is 10.2 Å². The zero-order valence-corrected chi connectivity index (χ0v) is 14.9. The predicted octanol–water partition coefficient (Wildman–Crippen LogP) is 3.16. The van der Waals surface area contributed by atoms with Crippen LogP contribution in [0.25, 0.3) is 22.3 Å². The van der Waals surface area contributed by atoms with Gasteiger partial charge in [-0.25, -0.2) is 14.8 Å². The third-order valence-electron chi connectivity index (χ3n) is 4.79. The SMILES string of the molecule is Cc1ccc2c(N3CCC(NC(=O)O)C3)nc(-c3ccccc3O)nc2c1. The Bertz CT molecular complexity index is 1020. The number of hydrogen-bond donors (Lipinski definition) is 3. The Balaban J connectivity index is 1.82. The number of para-hydroxylation sites is 1. The summed E-state index contributed by atoms with van der Waals surface area (Å²) in [7, 11) is 0. The topological polar surface area (TPSA) is 98.6 Å². The van der Waals surface area contributed by atoms with E-state index < -0.39 is 6.09 Å². The minimum atomic E-state index is -1.01. The van der Waals surface area contributed by atoms with Crippen LogP contribution in [0.5, 0.6) is 5.75 Å². The maximum Gasteiger partial charge on any atom is 0.404 e. The van der Waals surface area contributed by atoms with Gasteiger partial charge in [-0.05, 0) is 43.2 Å². The molecule has 0 bridgehead atoms. The number of phenols is 1. The first kappa shape index (κ1) is 17.1. The van der Waals surface area contributed by atoms with Crippen LogP contribution in [0.1, 0.15) is 12.0 Å². The number of amides is 1. The Hall–Kier alpha value is -3.35. The number of benzene rings is 2. The summed E-state index contributed by atoms with van der Waals surface area (Å²) in [5, 5.41) is 22.7. The smallest absolute Gasteiger partial charge is 0.404 e. The number of rotatable bonds is 3. The molecule has 4 rings (SSSR count). The Labute approximate surface area is 156 Å². The Morgan fingerprint density at radius 2 is 2.04 bits per heavy atom. The minimum absolute atomic E-state index is 0.127. The number of nitrogens with zero attached hydrogens (tertiary/aromatic N) is 3. The van der Waals surface area contributed by atoms with Gasteiger partial charge in [0.2, 0.25) is 0 Å². The summed E-state index contributed by atoms with van der Waals surface area (Å²) < 4.78 is 0. The largest absolute Gasteiger partial charge is 0.507 e. The highest BCUT2D eigenvalue weighted by Gasteiger charge is 2.27. The van der Waals surface area contributed by atoms with E-state index in [0.717, 1.165) is 28.7 Å². The minimum Gasteiger partial charge on any atom is -0.507 e. The number of aryl methyl sites for hydroxylation is 1. The molecule has 0 radical (unpaired) electrons. The second kappa shape index (κ2) is 6.75. The summed E-state index contributed by atoms with van der Waals surface area (Å²) in [4.78, 5) is 22.4. The molecule has 2 aromatic carbocycles. The fourth-order valence-electron chi connectivity index (χ4n) is 3.49. The van der Waals surface area contributed by atoms with Gasteiger partial charge in [-0.15, -0.1) is 0 Å². The number of fused-ring (bicyclic) bond motifs is 1. The molecule has 1 aliphatic heterocycles. The van der Waals surface area contributed by atoms with Crippen molar-refractivity contribution in [2.75, 3.05) is 18.0 Å². The van der Waals surface area contributed by atoms with Gasteiger partial charge in [0, 0.05) is 18.5 Å². The Morgan fingerprint density at radius 1 is 1.22 bits per heavy atom. The van der Waals surface area contributed by atoms with E-state index in [-0.39, 0.29) is 11.8 Å². The number of carbonyl (C=O) groups is 1. The van der Waals surface area contributed by atoms with Crippen molar-refractivity contribution < 1.29 is 15.0 Å². The summed E-state index contributed by atoms with van der Waals surface area (Å²) in [6.45, 7) is 3.25. The highest BCUT2D eigenvalue weighted by molar-refractivity contribution is 5.92. The Morgan fingerprint density at radius 3 is 2.81 bits per heavy atom. The second-order valence-corrected chi connectivity index (χ2v) is 6.79. The lowest BCUT2D eigenvalue weighted by Crippen LogP contribution is -2.36. The van der Waals surface area contributed by atoms with E-state index in [1.807, 2.05) is 31.2 Å². The van der Waals surface area contributed by atoms with Crippen molar-refractivity contribution in [1.82, 2.24) is 15.3 Å². The quantitative estimate of drug-likeness (QED) is 0.660. The van der Waals surface area contributed by atoms with E-state index in [9.17, 15) is 9.90 Å². The monoisotopic (exact) mass is 364 g/mol. The van der Waals surface area contributed by atoms with Gasteiger partial charge in [-0.2, -0.15) is 0 Å². The molecule has 3 N–H and O–H groups in total. The maximum absolute atomic E-state index is 10.9. The van der Waals surface area contributed by atoms with Gasteiger partial charge >= 0.3 is 6.09 Å². The van der Waals surface area contributed by atoms with Gasteiger partial charge in [0.15, 0.2) is 5.82 Å². The van der Waals surface area contributed by atoms with Gasteiger partial charge in [0.25, 0.3) is 0 Å². The predicted molar refractivity (Wildman–Crippen MR) is 103 cm³/mol. The molecular formula is C20H20N4O3. The summed E-state index contributed by atoms with van der Waals surface area (Å²) in [5.41, 5.74) is 2.46. The molecule has 27 heavy (non-hydrogen) atoms. The number of hydrogen-bond acceptors (Lipinski definition) is 5. The van der Waals surface area contributed by atoms with Crippen molar-refractivity contribution in [1.29, 1.82) is 0 Å². The average Bonchev–Trinajstić information content (AvgIpc) is 3.08. The first-order chi connectivity index (χ1) is 13.0. The van der Waals surface area contributed by atoms with Gasteiger partial charge in [0.05, 0.1) is 17.1 Å². The molecule has 1 unspecified atom stereocenters. The molecule has 1 fully saturated rings. The molecule has 7 nitrogen and oxygen atoms in total. The zero-order chi connectivity index (χ0) is 19.0. The van der Waals surface area contributed by atoms with Crippen molar-refractivity contribution >= 4 is 22.8 Å². The third kappa shape index (κ3) is 3.36. The average molecular weight is 364 g/mol. The number of aromatic hydroxyl groups is 1. The molecule has 1 amide bonds. The second-order valence-electron chi connectivity index (χ2n) is 6.79. The summed E-state index contributed by atoms with van der Waals surface area (Å²) in [5.74, 6) is 1.34. The fraction of sp³-hybridized carbons (Fsp3) is 0.250. The van der Waals surface area contributed by atoms with E-state index in [0.29, 0.717) is 24.5 Å². The molecule has 0 spiro atoms. The highest BCUT2D eigenvalue weighted by Crippen LogP contribution is 2.33. The fourth-order valence-corrected chi connectivity index (χ4v) is 3.49. The molecule has 0 saturated carbocycles. The summed E-state index contributed by atoms with van der Waals surface area (Å²) in [6, 6.07) is 12.9. The van der Waals surface area contributed by atoms with Crippen LogP contribution in [0.15, 0.2) is 42.5 Å². The number of phenolic OH excluding ortho intramolecular Hbond substituents is 1. The zero-order valence-electron chi connectivity index (χ0n) is 14.9. The van der Waals surface area contributed by atoms with Gasteiger partial charge in [-0.1, -0.05) is 18.2 Å². The molecule has 7 heteroatoms.